The van der Waals surface area contributed by atoms with Crippen molar-refractivity contribution in [2.45, 2.75) is 24.8 Å². The molecule has 2 heterocycles. The number of carbonyl (C=O) groups is 2. The van der Waals surface area contributed by atoms with E-state index in [2.05, 4.69) is 5.16 Å². The Bertz CT molecular complexity index is 872. The molecule has 148 valence electrons. The Morgan fingerprint density at radius 1 is 1.21 bits per heavy atom. The Kier molecular flexibility index (Phi) is 5.37. The maximum atomic E-state index is 12.7. The highest BCUT2D eigenvalue weighted by Gasteiger charge is 2.35. The summed E-state index contributed by atoms with van der Waals surface area (Å²) in [5.74, 6) is 0.718. The van der Waals surface area contributed by atoms with E-state index in [1.54, 1.807) is 17.0 Å². The molecule has 2 aromatic rings. The van der Waals surface area contributed by atoms with Gasteiger partial charge >= 0.3 is 5.97 Å². The number of methoxy groups -OCH3 is 1. The lowest BCUT2D eigenvalue weighted by Gasteiger charge is -2.38. The van der Waals surface area contributed by atoms with Crippen molar-refractivity contribution in [3.63, 3.8) is 0 Å². The molecule has 1 amide bonds. The smallest absolute Gasteiger partial charge is 0.327 e. The van der Waals surface area contributed by atoms with Crippen LogP contribution in [0.4, 0.5) is 0 Å². The first kappa shape index (κ1) is 19.0. The van der Waals surface area contributed by atoms with Crippen molar-refractivity contribution in [2.24, 2.45) is 0 Å². The van der Waals surface area contributed by atoms with Gasteiger partial charge in [0.15, 0.2) is 5.69 Å². The van der Waals surface area contributed by atoms with Crippen molar-refractivity contribution < 1.29 is 18.8 Å². The molecular formula is C20H22ClN3O4. The van der Waals surface area contributed by atoms with Crippen LogP contribution in [0.5, 0.6) is 0 Å². The van der Waals surface area contributed by atoms with Crippen molar-refractivity contribution in [3.05, 3.63) is 52.4 Å². The fourth-order valence-corrected chi connectivity index (χ4v) is 3.82. The summed E-state index contributed by atoms with van der Waals surface area (Å²) >= 11 is 6.31. The average molecular weight is 404 g/mol. The molecule has 1 saturated carbocycles. The number of amides is 1. The minimum atomic E-state index is -0.593. The van der Waals surface area contributed by atoms with Crippen molar-refractivity contribution >= 4 is 23.5 Å². The van der Waals surface area contributed by atoms with Gasteiger partial charge in [-0.05, 0) is 24.5 Å². The summed E-state index contributed by atoms with van der Waals surface area (Å²) in [5, 5.41) is 4.46. The number of benzene rings is 1. The van der Waals surface area contributed by atoms with Crippen LogP contribution in [0.25, 0.3) is 0 Å². The second kappa shape index (κ2) is 7.93. The topological polar surface area (TPSA) is 75.9 Å². The van der Waals surface area contributed by atoms with Crippen LogP contribution in [-0.4, -0.2) is 60.1 Å². The molecule has 4 rings (SSSR count). The van der Waals surface area contributed by atoms with Gasteiger partial charge in [0.2, 0.25) is 0 Å². The third-order valence-corrected chi connectivity index (χ3v) is 5.66. The first-order chi connectivity index (χ1) is 13.6. The summed E-state index contributed by atoms with van der Waals surface area (Å²) in [6, 6.07) is 8.42. The van der Waals surface area contributed by atoms with Gasteiger partial charge in [0.05, 0.1) is 7.11 Å². The maximum Gasteiger partial charge on any atom is 0.327 e. The van der Waals surface area contributed by atoms with Crippen molar-refractivity contribution in [3.8, 4) is 0 Å². The van der Waals surface area contributed by atoms with E-state index in [4.69, 9.17) is 20.9 Å². The zero-order chi connectivity index (χ0) is 19.7. The van der Waals surface area contributed by atoms with E-state index in [-0.39, 0.29) is 11.9 Å². The quantitative estimate of drug-likeness (QED) is 0.714. The van der Waals surface area contributed by atoms with Crippen LogP contribution in [0.15, 0.2) is 34.9 Å². The number of hydrogen-bond donors (Lipinski definition) is 0. The molecule has 28 heavy (non-hydrogen) atoms. The van der Waals surface area contributed by atoms with Gasteiger partial charge in [0, 0.05) is 43.2 Å². The summed E-state index contributed by atoms with van der Waals surface area (Å²) in [6.45, 7) is 2.04. The molecule has 1 aromatic heterocycles. The van der Waals surface area contributed by atoms with Gasteiger partial charge in [0.1, 0.15) is 11.8 Å². The number of halogens is 1. The Morgan fingerprint density at radius 3 is 2.57 bits per heavy atom. The van der Waals surface area contributed by atoms with Gasteiger partial charge in [-0.1, -0.05) is 35.0 Å². The summed E-state index contributed by atoms with van der Waals surface area (Å²) in [5.41, 5.74) is 1.06. The summed E-state index contributed by atoms with van der Waals surface area (Å²) in [7, 11) is 1.37. The summed E-state index contributed by atoms with van der Waals surface area (Å²) in [4.78, 5) is 28.9. The number of rotatable bonds is 5. The van der Waals surface area contributed by atoms with Crippen LogP contribution in [0.2, 0.25) is 5.02 Å². The second-order valence-electron chi connectivity index (χ2n) is 7.16. The van der Waals surface area contributed by atoms with Gasteiger partial charge in [-0.25, -0.2) is 4.79 Å². The number of aromatic nitrogens is 1. The molecule has 1 saturated heterocycles. The van der Waals surface area contributed by atoms with E-state index < -0.39 is 6.04 Å². The number of piperazine rings is 1. The predicted molar refractivity (Wildman–Crippen MR) is 102 cm³/mol. The van der Waals surface area contributed by atoms with Gasteiger partial charge in [-0.15, -0.1) is 0 Å². The average Bonchev–Trinajstić information content (AvgIpc) is 3.46. The van der Waals surface area contributed by atoms with Gasteiger partial charge in [-0.2, -0.15) is 0 Å². The third-order valence-electron chi connectivity index (χ3n) is 5.32. The van der Waals surface area contributed by atoms with E-state index in [0.29, 0.717) is 48.4 Å². The SMILES string of the molecule is COC(=O)[C@@H](c1ccccc1Cl)N1CCN(C(=O)c2cc(C3CC3)on2)CC1. The minimum absolute atomic E-state index is 0.136. The van der Waals surface area contributed by atoms with Gasteiger partial charge in [-0.3, -0.25) is 9.69 Å². The molecule has 8 heteroatoms. The lowest BCUT2D eigenvalue weighted by Crippen LogP contribution is -2.51. The first-order valence-electron chi connectivity index (χ1n) is 9.40. The summed E-state index contributed by atoms with van der Waals surface area (Å²) in [6.07, 6.45) is 2.19. The second-order valence-corrected chi connectivity index (χ2v) is 7.57. The van der Waals surface area contributed by atoms with Gasteiger partial charge in [0.25, 0.3) is 5.91 Å². The van der Waals surface area contributed by atoms with Crippen LogP contribution in [0.3, 0.4) is 0 Å². The van der Waals surface area contributed by atoms with Crippen LogP contribution in [-0.2, 0) is 9.53 Å². The van der Waals surface area contributed by atoms with E-state index in [9.17, 15) is 9.59 Å². The van der Waals surface area contributed by atoms with E-state index in [1.165, 1.54) is 7.11 Å². The number of ether oxygens (including phenoxy) is 1. The number of nitrogens with zero attached hydrogens (tertiary/aromatic N) is 3. The lowest BCUT2D eigenvalue weighted by molar-refractivity contribution is -0.148. The molecule has 2 fully saturated rings. The lowest BCUT2D eigenvalue weighted by atomic mass is 10.0. The zero-order valence-electron chi connectivity index (χ0n) is 15.6. The van der Waals surface area contributed by atoms with E-state index in [0.717, 1.165) is 18.6 Å². The van der Waals surface area contributed by atoms with Gasteiger partial charge < -0.3 is 14.2 Å². The van der Waals surface area contributed by atoms with Crippen molar-refractivity contribution in [1.29, 1.82) is 0 Å². The molecule has 1 aromatic carbocycles. The summed E-state index contributed by atoms with van der Waals surface area (Å²) < 4.78 is 10.3. The number of hydrogen-bond acceptors (Lipinski definition) is 6. The molecule has 1 atom stereocenters. The largest absolute Gasteiger partial charge is 0.468 e. The molecule has 0 spiro atoms. The number of carbonyl (C=O) groups excluding carboxylic acids is 2. The molecule has 1 aliphatic heterocycles. The molecular weight excluding hydrogens is 382 g/mol. The fourth-order valence-electron chi connectivity index (χ4n) is 3.58. The first-order valence-corrected chi connectivity index (χ1v) is 9.78. The molecule has 7 nitrogen and oxygen atoms in total. The van der Waals surface area contributed by atoms with Crippen LogP contribution in [0, 0.1) is 0 Å². The Morgan fingerprint density at radius 2 is 1.93 bits per heavy atom. The van der Waals surface area contributed by atoms with Crippen molar-refractivity contribution in [2.75, 3.05) is 33.3 Å². The molecule has 0 bridgehead atoms. The molecule has 0 radical (unpaired) electrons. The van der Waals surface area contributed by atoms with E-state index >= 15 is 0 Å². The zero-order valence-corrected chi connectivity index (χ0v) is 16.4. The fraction of sp³-hybridized carbons (Fsp3) is 0.450. The highest BCUT2D eigenvalue weighted by Crippen LogP contribution is 2.40. The minimum Gasteiger partial charge on any atom is -0.468 e. The predicted octanol–water partition coefficient (Wildman–Crippen LogP) is 2.88. The third kappa shape index (κ3) is 3.77. The molecule has 1 aliphatic carbocycles. The standard InChI is InChI=1S/C20H22ClN3O4/c1-27-20(26)18(14-4-2-3-5-15(14)21)23-8-10-24(11-9-23)19(25)16-12-17(28-22-16)13-6-7-13/h2-5,12-13,18H,6-11H2,1H3/t18-/m1/s1. The maximum absolute atomic E-state index is 12.7. The monoisotopic (exact) mass is 403 g/mol. The van der Waals surface area contributed by atoms with Crippen LogP contribution >= 0.6 is 11.6 Å². The highest BCUT2D eigenvalue weighted by atomic mass is 35.5. The van der Waals surface area contributed by atoms with Crippen LogP contribution < -0.4 is 0 Å². The Balaban J connectivity index is 1.44. The van der Waals surface area contributed by atoms with E-state index in [1.807, 2.05) is 23.1 Å². The molecule has 0 N–H and O–H groups in total. The molecule has 0 unspecified atom stereocenters. The van der Waals surface area contributed by atoms with Crippen LogP contribution in [0.1, 0.15) is 46.6 Å². The Labute approximate surface area is 168 Å². The normalized spacial score (nSPS) is 18.7. The molecule has 2 aliphatic rings. The van der Waals surface area contributed by atoms with Crippen molar-refractivity contribution in [1.82, 2.24) is 15.0 Å². The number of esters is 1. The highest BCUT2D eigenvalue weighted by molar-refractivity contribution is 6.31. The Hall–Kier alpha value is -2.38.